The van der Waals surface area contributed by atoms with Gasteiger partial charge >= 0.3 is 5.97 Å². The van der Waals surface area contributed by atoms with E-state index in [1.54, 1.807) is 73.3 Å². The number of hydrogen-bond donors (Lipinski definition) is 1. The zero-order valence-corrected chi connectivity index (χ0v) is 20.0. The van der Waals surface area contributed by atoms with E-state index in [0.717, 1.165) is 10.6 Å². The molecule has 1 atom stereocenters. The number of anilines is 1. The zero-order chi connectivity index (χ0) is 23.8. The third-order valence-corrected chi connectivity index (χ3v) is 6.63. The van der Waals surface area contributed by atoms with Crippen molar-refractivity contribution in [1.29, 1.82) is 0 Å². The largest absolute Gasteiger partial charge is 0.497 e. The Morgan fingerprint density at radius 3 is 2.44 bits per heavy atom. The number of thiazole rings is 1. The van der Waals surface area contributed by atoms with Gasteiger partial charge in [0.15, 0.2) is 0 Å². The molecule has 1 unspecified atom stereocenters. The molecular weight excluding hydrogens is 468 g/mol. The van der Waals surface area contributed by atoms with Crippen molar-refractivity contribution in [2.75, 3.05) is 12.4 Å². The van der Waals surface area contributed by atoms with Crippen LogP contribution in [-0.4, -0.2) is 24.0 Å². The molecule has 4 rings (SSSR count). The summed E-state index contributed by atoms with van der Waals surface area (Å²) < 4.78 is 10.9. The summed E-state index contributed by atoms with van der Waals surface area (Å²) in [5.74, 6) is 0.293. The third-order valence-electron chi connectivity index (χ3n) is 4.89. The van der Waals surface area contributed by atoms with E-state index in [-0.39, 0.29) is 0 Å². The molecule has 1 heterocycles. The quantitative estimate of drug-likeness (QED) is 0.230. The summed E-state index contributed by atoms with van der Waals surface area (Å²) in [6, 6.07) is 23.1. The maximum atomic E-state index is 13.2. The van der Waals surface area contributed by atoms with Crippen LogP contribution in [0, 0.1) is 0 Å². The summed E-state index contributed by atoms with van der Waals surface area (Å²) in [6.45, 7) is 0. The van der Waals surface area contributed by atoms with Crippen LogP contribution in [-0.2, 0) is 15.3 Å². The Hall–Kier alpha value is -3.62. The van der Waals surface area contributed by atoms with Crippen LogP contribution in [0.3, 0.4) is 0 Å². The number of hydrogen-bond acceptors (Lipinski definition) is 7. The molecule has 0 spiro atoms. The number of aromatic nitrogens is 1. The molecule has 0 saturated carbocycles. The minimum absolute atomic E-state index is 0.404. The fourth-order valence-corrected chi connectivity index (χ4v) is 4.78. The van der Waals surface area contributed by atoms with Gasteiger partial charge in [-0.05, 0) is 36.4 Å². The minimum Gasteiger partial charge on any atom is -0.497 e. The highest BCUT2D eigenvalue weighted by molar-refractivity contribution is 7.98. The molecule has 3 aromatic carbocycles. The lowest BCUT2D eigenvalue weighted by molar-refractivity contribution is -0.125. The van der Waals surface area contributed by atoms with Crippen LogP contribution < -0.4 is 10.1 Å². The van der Waals surface area contributed by atoms with Gasteiger partial charge in [0.2, 0.25) is 6.10 Å². The fraction of sp³-hybridized carbons (Fsp3) is 0.115. The van der Waals surface area contributed by atoms with Gasteiger partial charge < -0.3 is 14.8 Å². The van der Waals surface area contributed by atoms with E-state index in [9.17, 15) is 9.59 Å². The number of methoxy groups -OCH3 is 1. The predicted molar refractivity (Wildman–Crippen MR) is 134 cm³/mol. The monoisotopic (exact) mass is 490 g/mol. The number of amides is 1. The summed E-state index contributed by atoms with van der Waals surface area (Å²) in [4.78, 5) is 31.4. The number of nitrogens with one attached hydrogen (secondary N) is 1. The first kappa shape index (κ1) is 23.5. The maximum absolute atomic E-state index is 13.2. The molecule has 1 aromatic heterocycles. The van der Waals surface area contributed by atoms with Crippen LogP contribution >= 0.6 is 23.1 Å². The Morgan fingerprint density at radius 1 is 1.00 bits per heavy atom. The number of rotatable bonds is 9. The average Bonchev–Trinajstić information content (AvgIpc) is 3.41. The van der Waals surface area contributed by atoms with Gasteiger partial charge in [0.05, 0.1) is 23.9 Å². The Balaban J connectivity index is 1.53. The van der Waals surface area contributed by atoms with Gasteiger partial charge in [-0.15, -0.1) is 23.1 Å². The van der Waals surface area contributed by atoms with Gasteiger partial charge in [-0.1, -0.05) is 42.5 Å². The first-order valence-corrected chi connectivity index (χ1v) is 12.4. The normalized spacial score (nSPS) is 11.4. The molecule has 0 aliphatic carbocycles. The number of carbonyl (C=O) groups is 2. The molecule has 1 N–H and O–H groups in total. The van der Waals surface area contributed by atoms with E-state index in [2.05, 4.69) is 10.3 Å². The summed E-state index contributed by atoms with van der Waals surface area (Å²) in [7, 11) is 1.57. The van der Waals surface area contributed by atoms with Crippen LogP contribution in [0.25, 0.3) is 0 Å². The van der Waals surface area contributed by atoms with Gasteiger partial charge in [-0.3, -0.25) is 4.79 Å². The molecule has 0 aliphatic rings. The van der Waals surface area contributed by atoms with Gasteiger partial charge in [0, 0.05) is 27.3 Å². The van der Waals surface area contributed by atoms with Crippen molar-refractivity contribution in [3.63, 3.8) is 0 Å². The Morgan fingerprint density at radius 2 is 1.74 bits per heavy atom. The number of benzene rings is 3. The second-order valence-corrected chi connectivity index (χ2v) is 8.91. The molecule has 0 aliphatic heterocycles. The fourth-order valence-electron chi connectivity index (χ4n) is 3.18. The number of ether oxygens (including phenoxy) is 2. The van der Waals surface area contributed by atoms with E-state index >= 15 is 0 Å². The Kier molecular flexibility index (Phi) is 7.95. The van der Waals surface area contributed by atoms with Crippen molar-refractivity contribution < 1.29 is 19.1 Å². The van der Waals surface area contributed by atoms with Gasteiger partial charge in [-0.2, -0.15) is 0 Å². The molecule has 8 heteroatoms. The Bertz CT molecular complexity index is 1230. The number of esters is 1. The topological polar surface area (TPSA) is 77.5 Å². The van der Waals surface area contributed by atoms with Crippen molar-refractivity contribution in [2.45, 2.75) is 16.8 Å². The lowest BCUT2D eigenvalue weighted by Crippen LogP contribution is -2.26. The molecule has 0 bridgehead atoms. The smallest absolute Gasteiger partial charge is 0.340 e. The number of carbonyl (C=O) groups excluding carboxylic acids is 2. The number of thioether (sulfide) groups is 1. The van der Waals surface area contributed by atoms with Crippen molar-refractivity contribution in [2.24, 2.45) is 0 Å². The van der Waals surface area contributed by atoms with Crippen LogP contribution in [0.4, 0.5) is 5.69 Å². The summed E-state index contributed by atoms with van der Waals surface area (Å²) in [5.41, 5.74) is 4.28. The first-order valence-electron chi connectivity index (χ1n) is 10.4. The molecule has 6 nitrogen and oxygen atoms in total. The summed E-state index contributed by atoms with van der Waals surface area (Å²) in [6.07, 6.45) is -1.12. The summed E-state index contributed by atoms with van der Waals surface area (Å²) >= 11 is 3.03. The molecule has 4 aromatic rings. The molecule has 0 fully saturated rings. The summed E-state index contributed by atoms with van der Waals surface area (Å²) in [5, 5.41) is 4.80. The third kappa shape index (κ3) is 6.03. The van der Waals surface area contributed by atoms with Crippen molar-refractivity contribution in [3.05, 3.63) is 107 Å². The molecular formula is C26H22N2O4S2. The van der Waals surface area contributed by atoms with Gasteiger partial charge in [0.1, 0.15) is 5.75 Å². The maximum Gasteiger partial charge on any atom is 0.340 e. The highest BCUT2D eigenvalue weighted by Gasteiger charge is 2.27. The highest BCUT2D eigenvalue weighted by Crippen LogP contribution is 2.29. The second-order valence-electron chi connectivity index (χ2n) is 7.18. The molecule has 34 heavy (non-hydrogen) atoms. The van der Waals surface area contributed by atoms with Gasteiger partial charge in [-0.25, -0.2) is 9.78 Å². The van der Waals surface area contributed by atoms with E-state index in [1.165, 1.54) is 23.1 Å². The van der Waals surface area contributed by atoms with Gasteiger partial charge in [0.25, 0.3) is 5.91 Å². The zero-order valence-electron chi connectivity index (χ0n) is 18.3. The predicted octanol–water partition coefficient (Wildman–Crippen LogP) is 5.98. The van der Waals surface area contributed by atoms with E-state index in [4.69, 9.17) is 9.47 Å². The standard InChI is InChI=1S/C26H22N2O4S2/c1-31-21-13-11-19(12-14-21)28-25(29)24(18-7-3-2-4-8-18)32-26(30)22-9-5-6-10-23(22)34-16-20-15-33-17-27-20/h2-15,17,24H,16H2,1H3,(H,28,29). The Labute approximate surface area is 206 Å². The molecule has 0 saturated heterocycles. The van der Waals surface area contributed by atoms with Crippen LogP contribution in [0.15, 0.2) is 94.6 Å². The van der Waals surface area contributed by atoms with Crippen LogP contribution in [0.5, 0.6) is 5.75 Å². The van der Waals surface area contributed by atoms with Crippen molar-refractivity contribution in [3.8, 4) is 5.75 Å². The highest BCUT2D eigenvalue weighted by atomic mass is 32.2. The van der Waals surface area contributed by atoms with E-state index in [0.29, 0.717) is 28.3 Å². The van der Waals surface area contributed by atoms with Crippen LogP contribution in [0.2, 0.25) is 0 Å². The lowest BCUT2D eigenvalue weighted by Gasteiger charge is -2.19. The molecule has 172 valence electrons. The molecule has 0 radical (unpaired) electrons. The number of nitrogens with zero attached hydrogens (tertiary/aromatic N) is 1. The SMILES string of the molecule is COc1ccc(NC(=O)C(OC(=O)c2ccccc2SCc2cscn2)c2ccccc2)cc1. The lowest BCUT2D eigenvalue weighted by atomic mass is 10.1. The van der Waals surface area contributed by atoms with E-state index < -0.39 is 18.0 Å². The molecule has 1 amide bonds. The van der Waals surface area contributed by atoms with Crippen molar-refractivity contribution >= 4 is 40.7 Å². The van der Waals surface area contributed by atoms with E-state index in [1.807, 2.05) is 23.6 Å². The average molecular weight is 491 g/mol. The first-order chi connectivity index (χ1) is 16.6. The minimum atomic E-state index is -1.12. The van der Waals surface area contributed by atoms with Crippen LogP contribution in [0.1, 0.15) is 27.7 Å². The second kappa shape index (κ2) is 11.5. The van der Waals surface area contributed by atoms with Crippen molar-refractivity contribution in [1.82, 2.24) is 4.98 Å².